The Bertz CT molecular complexity index is 538. The summed E-state index contributed by atoms with van der Waals surface area (Å²) in [6, 6.07) is 10.7. The lowest BCUT2D eigenvalue weighted by Gasteiger charge is -2.06. The van der Waals surface area contributed by atoms with E-state index in [0.717, 1.165) is 11.2 Å². The number of benzene rings is 1. The third-order valence-electron chi connectivity index (χ3n) is 2.29. The van der Waals surface area contributed by atoms with Crippen molar-refractivity contribution in [2.45, 2.75) is 11.8 Å². The molecule has 2 rings (SSSR count). The van der Waals surface area contributed by atoms with Crippen molar-refractivity contribution in [1.29, 1.82) is 0 Å². The van der Waals surface area contributed by atoms with Gasteiger partial charge in [-0.3, -0.25) is 4.79 Å². The number of thiol groups is 1. The Morgan fingerprint density at radius 1 is 1.18 bits per heavy atom. The standard InChI is InChI=1S/C13H11NO2S/c1-9-10(8-15)2-7-13(14-9)16-11-3-5-12(17)6-4-11/h2-8,17H,1H3. The first-order valence-electron chi connectivity index (χ1n) is 5.09. The molecule has 0 bridgehead atoms. The number of hydrogen-bond donors (Lipinski definition) is 1. The molecule has 0 aliphatic rings. The van der Waals surface area contributed by atoms with Gasteiger partial charge in [-0.25, -0.2) is 4.98 Å². The minimum atomic E-state index is 0.472. The monoisotopic (exact) mass is 245 g/mol. The van der Waals surface area contributed by atoms with Crippen LogP contribution in [0.4, 0.5) is 0 Å². The molecule has 0 aliphatic carbocycles. The van der Waals surface area contributed by atoms with Crippen molar-refractivity contribution in [3.63, 3.8) is 0 Å². The van der Waals surface area contributed by atoms with Crippen LogP contribution in [0, 0.1) is 6.92 Å². The number of rotatable bonds is 3. The van der Waals surface area contributed by atoms with Gasteiger partial charge in [0, 0.05) is 16.5 Å². The van der Waals surface area contributed by atoms with Crippen LogP contribution < -0.4 is 4.74 Å². The molecule has 0 unspecified atom stereocenters. The number of aryl methyl sites for hydroxylation is 1. The zero-order valence-electron chi connectivity index (χ0n) is 9.25. The van der Waals surface area contributed by atoms with E-state index >= 15 is 0 Å². The fourth-order valence-electron chi connectivity index (χ4n) is 1.37. The summed E-state index contributed by atoms with van der Waals surface area (Å²) in [6.45, 7) is 1.77. The van der Waals surface area contributed by atoms with Gasteiger partial charge < -0.3 is 4.74 Å². The molecule has 4 heteroatoms. The van der Waals surface area contributed by atoms with E-state index in [9.17, 15) is 4.79 Å². The van der Waals surface area contributed by atoms with E-state index in [-0.39, 0.29) is 0 Å². The summed E-state index contributed by atoms with van der Waals surface area (Å²) in [5.74, 6) is 1.16. The van der Waals surface area contributed by atoms with Crippen LogP contribution in [0.5, 0.6) is 11.6 Å². The van der Waals surface area contributed by atoms with E-state index in [1.807, 2.05) is 24.3 Å². The Balaban J connectivity index is 2.21. The van der Waals surface area contributed by atoms with Gasteiger partial charge in [0.25, 0.3) is 0 Å². The second-order valence-corrected chi connectivity index (χ2v) is 4.05. The summed E-state index contributed by atoms with van der Waals surface area (Å²) in [6.07, 6.45) is 0.780. The summed E-state index contributed by atoms with van der Waals surface area (Å²) in [4.78, 5) is 15.7. The first kappa shape index (κ1) is 11.7. The normalized spacial score (nSPS) is 10.0. The summed E-state index contributed by atoms with van der Waals surface area (Å²) in [7, 11) is 0. The molecule has 1 aromatic heterocycles. The van der Waals surface area contributed by atoms with Crippen molar-refractivity contribution in [2.24, 2.45) is 0 Å². The number of carbonyl (C=O) groups is 1. The van der Waals surface area contributed by atoms with Crippen LogP contribution in [0.2, 0.25) is 0 Å². The molecule has 0 fully saturated rings. The lowest BCUT2D eigenvalue weighted by atomic mass is 10.2. The van der Waals surface area contributed by atoms with Crippen LogP contribution in [0.25, 0.3) is 0 Å². The number of carbonyl (C=O) groups excluding carboxylic acids is 1. The van der Waals surface area contributed by atoms with E-state index in [2.05, 4.69) is 17.6 Å². The molecular formula is C13H11NO2S. The van der Waals surface area contributed by atoms with Crippen LogP contribution in [-0.2, 0) is 0 Å². The number of nitrogens with zero attached hydrogens (tertiary/aromatic N) is 1. The molecule has 0 saturated heterocycles. The van der Waals surface area contributed by atoms with Crippen molar-refractivity contribution >= 4 is 18.9 Å². The Kier molecular flexibility index (Phi) is 3.44. The molecule has 0 amide bonds. The van der Waals surface area contributed by atoms with Crippen molar-refractivity contribution < 1.29 is 9.53 Å². The van der Waals surface area contributed by atoms with Gasteiger partial charge in [0.2, 0.25) is 5.88 Å². The first-order chi connectivity index (χ1) is 8.19. The average Bonchev–Trinajstić information content (AvgIpc) is 2.32. The van der Waals surface area contributed by atoms with E-state index in [4.69, 9.17) is 4.74 Å². The molecule has 0 radical (unpaired) electrons. The Morgan fingerprint density at radius 2 is 1.88 bits per heavy atom. The molecule has 0 spiro atoms. The third kappa shape index (κ3) is 2.85. The van der Waals surface area contributed by atoms with Gasteiger partial charge in [-0.05, 0) is 37.3 Å². The predicted octanol–water partition coefficient (Wildman–Crippen LogP) is 3.28. The van der Waals surface area contributed by atoms with Crippen molar-refractivity contribution in [2.75, 3.05) is 0 Å². The second-order valence-electron chi connectivity index (χ2n) is 3.54. The molecule has 17 heavy (non-hydrogen) atoms. The Morgan fingerprint density at radius 3 is 2.47 bits per heavy atom. The number of aldehydes is 1. The lowest BCUT2D eigenvalue weighted by molar-refractivity contribution is 0.112. The van der Waals surface area contributed by atoms with E-state index in [1.165, 1.54) is 0 Å². The quantitative estimate of drug-likeness (QED) is 0.666. The van der Waals surface area contributed by atoms with E-state index in [0.29, 0.717) is 22.9 Å². The molecular weight excluding hydrogens is 234 g/mol. The van der Waals surface area contributed by atoms with Gasteiger partial charge in [0.1, 0.15) is 5.75 Å². The van der Waals surface area contributed by atoms with Crippen LogP contribution >= 0.6 is 12.6 Å². The second kappa shape index (κ2) is 5.01. The van der Waals surface area contributed by atoms with Crippen LogP contribution in [0.1, 0.15) is 16.1 Å². The number of hydrogen-bond acceptors (Lipinski definition) is 4. The zero-order chi connectivity index (χ0) is 12.3. The molecule has 0 N–H and O–H groups in total. The third-order valence-corrected chi connectivity index (χ3v) is 2.59. The minimum absolute atomic E-state index is 0.472. The number of pyridine rings is 1. The zero-order valence-corrected chi connectivity index (χ0v) is 10.1. The van der Waals surface area contributed by atoms with Crippen LogP contribution in [-0.4, -0.2) is 11.3 Å². The van der Waals surface area contributed by atoms with Gasteiger partial charge in [-0.2, -0.15) is 0 Å². The Labute approximate surface area is 105 Å². The van der Waals surface area contributed by atoms with Crippen LogP contribution in [0.15, 0.2) is 41.3 Å². The maximum Gasteiger partial charge on any atom is 0.219 e. The molecule has 2 aromatic rings. The summed E-state index contributed by atoms with van der Waals surface area (Å²) < 4.78 is 5.55. The maximum absolute atomic E-state index is 10.6. The molecule has 0 aliphatic heterocycles. The summed E-state index contributed by atoms with van der Waals surface area (Å²) >= 11 is 4.19. The Hall–Kier alpha value is -1.81. The number of aromatic nitrogens is 1. The van der Waals surface area contributed by atoms with Gasteiger partial charge in [-0.15, -0.1) is 12.6 Å². The maximum atomic E-state index is 10.6. The molecule has 86 valence electrons. The molecule has 1 heterocycles. The number of ether oxygens (including phenoxy) is 1. The fraction of sp³-hybridized carbons (Fsp3) is 0.0769. The predicted molar refractivity (Wildman–Crippen MR) is 68.1 cm³/mol. The highest BCUT2D eigenvalue weighted by Gasteiger charge is 2.02. The average molecular weight is 245 g/mol. The smallest absolute Gasteiger partial charge is 0.219 e. The van der Waals surface area contributed by atoms with E-state index in [1.54, 1.807) is 19.1 Å². The van der Waals surface area contributed by atoms with Crippen molar-refractivity contribution in [1.82, 2.24) is 4.98 Å². The van der Waals surface area contributed by atoms with Gasteiger partial charge in [0.15, 0.2) is 6.29 Å². The molecule has 1 aromatic carbocycles. The van der Waals surface area contributed by atoms with Gasteiger partial charge in [0.05, 0.1) is 5.69 Å². The van der Waals surface area contributed by atoms with Crippen LogP contribution in [0.3, 0.4) is 0 Å². The molecule has 0 atom stereocenters. The largest absolute Gasteiger partial charge is 0.439 e. The SMILES string of the molecule is Cc1nc(Oc2ccc(S)cc2)ccc1C=O. The highest BCUT2D eigenvalue weighted by atomic mass is 32.1. The lowest BCUT2D eigenvalue weighted by Crippen LogP contribution is -1.94. The highest BCUT2D eigenvalue weighted by Crippen LogP contribution is 2.21. The highest BCUT2D eigenvalue weighted by molar-refractivity contribution is 7.80. The minimum Gasteiger partial charge on any atom is -0.439 e. The topological polar surface area (TPSA) is 39.2 Å². The molecule has 3 nitrogen and oxygen atoms in total. The van der Waals surface area contributed by atoms with Crippen molar-refractivity contribution in [3.8, 4) is 11.6 Å². The summed E-state index contributed by atoms with van der Waals surface area (Å²) in [5, 5.41) is 0. The van der Waals surface area contributed by atoms with E-state index < -0.39 is 0 Å². The first-order valence-corrected chi connectivity index (χ1v) is 5.53. The van der Waals surface area contributed by atoms with Crippen molar-refractivity contribution in [3.05, 3.63) is 47.7 Å². The van der Waals surface area contributed by atoms with Gasteiger partial charge in [-0.1, -0.05) is 0 Å². The summed E-state index contributed by atoms with van der Waals surface area (Å²) in [5.41, 5.74) is 1.23. The fourth-order valence-corrected chi connectivity index (χ4v) is 1.51. The van der Waals surface area contributed by atoms with Gasteiger partial charge >= 0.3 is 0 Å². The molecule has 0 saturated carbocycles.